The molecule has 0 unspecified atom stereocenters. The lowest BCUT2D eigenvalue weighted by Crippen LogP contribution is -2.30. The molecule has 0 atom stereocenters. The van der Waals surface area contributed by atoms with Crippen LogP contribution in [-0.2, 0) is 4.79 Å². The summed E-state index contributed by atoms with van der Waals surface area (Å²) >= 11 is 0. The second-order valence-electron chi connectivity index (χ2n) is 5.65. The molecule has 2 amide bonds. The second kappa shape index (κ2) is 8.84. The molecule has 132 valence electrons. The summed E-state index contributed by atoms with van der Waals surface area (Å²) in [6.45, 7) is 4.44. The van der Waals surface area contributed by atoms with Crippen LogP contribution in [0.3, 0.4) is 0 Å². The van der Waals surface area contributed by atoms with E-state index in [1.54, 1.807) is 24.3 Å². The number of carbonyl (C=O) groups is 2. The lowest BCUT2D eigenvalue weighted by molar-refractivity contribution is -0.118. The Morgan fingerprint density at radius 3 is 2.40 bits per heavy atom. The fourth-order valence-corrected chi connectivity index (χ4v) is 2.42. The molecule has 0 aliphatic heterocycles. The third kappa shape index (κ3) is 5.06. The third-order valence-electron chi connectivity index (χ3n) is 3.63. The van der Waals surface area contributed by atoms with Crippen molar-refractivity contribution in [3.63, 3.8) is 0 Å². The van der Waals surface area contributed by atoms with Crippen LogP contribution >= 0.6 is 0 Å². The molecule has 4 N–H and O–H groups in total. The van der Waals surface area contributed by atoms with Crippen LogP contribution in [0.5, 0.6) is 5.75 Å². The summed E-state index contributed by atoms with van der Waals surface area (Å²) in [6.07, 6.45) is 0. The topological polar surface area (TPSA) is 93.4 Å². The average molecular weight is 341 g/mol. The smallest absolute Gasteiger partial charge is 0.262 e. The molecule has 6 nitrogen and oxygen atoms in total. The van der Waals surface area contributed by atoms with Gasteiger partial charge in [0.2, 0.25) is 0 Å². The van der Waals surface area contributed by atoms with Crippen molar-refractivity contribution >= 4 is 17.5 Å². The number of benzene rings is 2. The zero-order chi connectivity index (χ0) is 18.2. The quantitative estimate of drug-likeness (QED) is 0.718. The van der Waals surface area contributed by atoms with Gasteiger partial charge in [-0.2, -0.15) is 0 Å². The van der Waals surface area contributed by atoms with Crippen LogP contribution in [0.4, 0.5) is 5.69 Å². The SMILES string of the molecule is Cc1cccc(C)c1OCC(=O)Nc1ccccc1C(=O)NCCN. The summed E-state index contributed by atoms with van der Waals surface area (Å²) in [5.74, 6) is 0.0883. The molecular weight excluding hydrogens is 318 g/mol. The first-order chi connectivity index (χ1) is 12.0. The number of ether oxygens (including phenoxy) is 1. The molecule has 0 aliphatic rings. The molecule has 2 aromatic rings. The van der Waals surface area contributed by atoms with Crippen LogP contribution < -0.4 is 21.1 Å². The van der Waals surface area contributed by atoms with Gasteiger partial charge in [-0.1, -0.05) is 30.3 Å². The minimum atomic E-state index is -0.332. The van der Waals surface area contributed by atoms with Crippen molar-refractivity contribution in [1.82, 2.24) is 5.32 Å². The van der Waals surface area contributed by atoms with Gasteiger partial charge < -0.3 is 21.1 Å². The number of anilines is 1. The van der Waals surface area contributed by atoms with Gasteiger partial charge in [0.1, 0.15) is 5.75 Å². The van der Waals surface area contributed by atoms with E-state index in [0.717, 1.165) is 11.1 Å². The second-order valence-corrected chi connectivity index (χ2v) is 5.65. The Balaban J connectivity index is 2.02. The van der Waals surface area contributed by atoms with Crippen molar-refractivity contribution in [2.24, 2.45) is 5.73 Å². The summed E-state index contributed by atoms with van der Waals surface area (Å²) in [7, 11) is 0. The van der Waals surface area contributed by atoms with Gasteiger partial charge >= 0.3 is 0 Å². The first kappa shape index (κ1) is 18.5. The number of nitrogens with one attached hydrogen (secondary N) is 2. The van der Waals surface area contributed by atoms with Crippen molar-refractivity contribution < 1.29 is 14.3 Å². The molecule has 0 saturated carbocycles. The van der Waals surface area contributed by atoms with Crippen molar-refractivity contribution in [1.29, 1.82) is 0 Å². The molecule has 25 heavy (non-hydrogen) atoms. The van der Waals surface area contributed by atoms with E-state index in [9.17, 15) is 9.59 Å². The van der Waals surface area contributed by atoms with Gasteiger partial charge in [-0.15, -0.1) is 0 Å². The zero-order valence-corrected chi connectivity index (χ0v) is 14.5. The number of nitrogens with two attached hydrogens (primary N) is 1. The monoisotopic (exact) mass is 341 g/mol. The van der Waals surface area contributed by atoms with Crippen LogP contribution in [0.1, 0.15) is 21.5 Å². The molecule has 2 aromatic carbocycles. The highest BCUT2D eigenvalue weighted by Gasteiger charge is 2.13. The predicted molar refractivity (Wildman–Crippen MR) is 97.9 cm³/mol. The molecule has 0 aromatic heterocycles. The highest BCUT2D eigenvalue weighted by atomic mass is 16.5. The summed E-state index contributed by atoms with van der Waals surface area (Å²) < 4.78 is 5.64. The lowest BCUT2D eigenvalue weighted by atomic mass is 10.1. The Morgan fingerprint density at radius 1 is 1.04 bits per heavy atom. The molecule has 0 heterocycles. The first-order valence-electron chi connectivity index (χ1n) is 8.09. The van der Waals surface area contributed by atoms with Crippen LogP contribution in [0.2, 0.25) is 0 Å². The standard InChI is InChI=1S/C19H23N3O3/c1-13-6-5-7-14(2)18(13)25-12-17(23)22-16-9-4-3-8-15(16)19(24)21-11-10-20/h3-9H,10-12,20H2,1-2H3,(H,21,24)(H,22,23). The lowest BCUT2D eigenvalue weighted by Gasteiger charge is -2.13. The Hall–Kier alpha value is -2.86. The van der Waals surface area contributed by atoms with E-state index in [1.165, 1.54) is 0 Å². The predicted octanol–water partition coefficient (Wildman–Crippen LogP) is 2.01. The first-order valence-corrected chi connectivity index (χ1v) is 8.09. The maximum absolute atomic E-state index is 12.2. The number of aryl methyl sites for hydroxylation is 2. The Kier molecular flexibility index (Phi) is 6.54. The maximum Gasteiger partial charge on any atom is 0.262 e. The third-order valence-corrected chi connectivity index (χ3v) is 3.63. The highest BCUT2D eigenvalue weighted by Crippen LogP contribution is 2.22. The molecule has 2 rings (SSSR count). The molecule has 0 aliphatic carbocycles. The minimum absolute atomic E-state index is 0.134. The molecule has 0 radical (unpaired) electrons. The summed E-state index contributed by atoms with van der Waals surface area (Å²) in [5, 5.41) is 5.41. The molecule has 6 heteroatoms. The number of carbonyl (C=O) groups excluding carboxylic acids is 2. The van der Waals surface area contributed by atoms with E-state index in [2.05, 4.69) is 10.6 Å². The number of para-hydroxylation sites is 2. The number of rotatable bonds is 7. The fourth-order valence-electron chi connectivity index (χ4n) is 2.42. The zero-order valence-electron chi connectivity index (χ0n) is 14.5. The van der Waals surface area contributed by atoms with Crippen LogP contribution in [0, 0.1) is 13.8 Å². The van der Waals surface area contributed by atoms with Crippen LogP contribution in [0.15, 0.2) is 42.5 Å². The van der Waals surface area contributed by atoms with Crippen molar-refractivity contribution in [2.75, 3.05) is 25.0 Å². The van der Waals surface area contributed by atoms with E-state index < -0.39 is 0 Å². The van der Waals surface area contributed by atoms with E-state index >= 15 is 0 Å². The highest BCUT2D eigenvalue weighted by molar-refractivity contribution is 6.04. The van der Waals surface area contributed by atoms with Crippen molar-refractivity contribution in [3.05, 3.63) is 59.2 Å². The summed E-state index contributed by atoms with van der Waals surface area (Å²) in [5.41, 5.74) is 8.15. The van der Waals surface area contributed by atoms with E-state index in [4.69, 9.17) is 10.5 Å². The number of hydrogen-bond donors (Lipinski definition) is 3. The van der Waals surface area contributed by atoms with Gasteiger partial charge in [-0.05, 0) is 37.1 Å². The average Bonchev–Trinajstić information content (AvgIpc) is 2.59. The summed E-state index contributed by atoms with van der Waals surface area (Å²) in [4.78, 5) is 24.3. The minimum Gasteiger partial charge on any atom is -0.483 e. The van der Waals surface area contributed by atoms with Crippen LogP contribution in [-0.4, -0.2) is 31.5 Å². The van der Waals surface area contributed by atoms with Gasteiger partial charge in [-0.25, -0.2) is 0 Å². The largest absolute Gasteiger partial charge is 0.483 e. The Bertz CT molecular complexity index is 739. The van der Waals surface area contributed by atoms with Crippen LogP contribution in [0.25, 0.3) is 0 Å². The molecule has 0 saturated heterocycles. The van der Waals surface area contributed by atoms with Crippen molar-refractivity contribution in [3.8, 4) is 5.75 Å². The van der Waals surface area contributed by atoms with E-state index in [0.29, 0.717) is 30.1 Å². The maximum atomic E-state index is 12.2. The van der Waals surface area contributed by atoms with E-state index in [-0.39, 0.29) is 18.4 Å². The Labute approximate surface area is 147 Å². The number of hydrogen-bond acceptors (Lipinski definition) is 4. The van der Waals surface area contributed by atoms with E-state index in [1.807, 2.05) is 32.0 Å². The molecule has 0 spiro atoms. The molecule has 0 bridgehead atoms. The molecular formula is C19H23N3O3. The Morgan fingerprint density at radius 2 is 1.72 bits per heavy atom. The van der Waals surface area contributed by atoms with Crippen molar-refractivity contribution in [2.45, 2.75) is 13.8 Å². The van der Waals surface area contributed by atoms with Gasteiger partial charge in [0.15, 0.2) is 6.61 Å². The number of amides is 2. The van der Waals surface area contributed by atoms with Gasteiger partial charge in [0.05, 0.1) is 11.3 Å². The molecule has 0 fully saturated rings. The van der Waals surface area contributed by atoms with Gasteiger partial charge in [-0.3, -0.25) is 9.59 Å². The van der Waals surface area contributed by atoms with Gasteiger partial charge in [0, 0.05) is 13.1 Å². The fraction of sp³-hybridized carbons (Fsp3) is 0.263. The normalized spacial score (nSPS) is 10.2. The summed E-state index contributed by atoms with van der Waals surface area (Å²) in [6, 6.07) is 12.6. The van der Waals surface area contributed by atoms with Gasteiger partial charge in [0.25, 0.3) is 11.8 Å².